The van der Waals surface area contributed by atoms with Gasteiger partial charge in [-0.15, -0.1) is 8.78 Å². The molecule has 1 aliphatic heterocycles. The Morgan fingerprint density at radius 2 is 2.00 bits per heavy atom. The Morgan fingerprint density at radius 3 is 2.68 bits per heavy atom. The lowest BCUT2D eigenvalue weighted by Crippen LogP contribution is -2.25. The molecule has 0 aliphatic carbocycles. The Kier molecular flexibility index (Phi) is 4.38. The average Bonchev–Trinajstić information content (AvgIpc) is 3.24. The van der Waals surface area contributed by atoms with Gasteiger partial charge in [0.15, 0.2) is 17.3 Å². The van der Waals surface area contributed by atoms with Crippen LogP contribution in [0.25, 0.3) is 11.3 Å². The normalized spacial score (nSPS) is 14.1. The van der Waals surface area contributed by atoms with Crippen molar-refractivity contribution in [3.8, 4) is 22.8 Å². The van der Waals surface area contributed by atoms with Crippen LogP contribution in [0.2, 0.25) is 5.02 Å². The fraction of sp³-hybridized carbons (Fsp3) is 0.167. The highest BCUT2D eigenvalue weighted by Gasteiger charge is 2.43. The summed E-state index contributed by atoms with van der Waals surface area (Å²) in [6, 6.07) is 6.00. The zero-order valence-electron chi connectivity index (χ0n) is 14.4. The van der Waals surface area contributed by atoms with Gasteiger partial charge in [-0.1, -0.05) is 11.6 Å². The second-order valence-electron chi connectivity index (χ2n) is 5.87. The van der Waals surface area contributed by atoms with Gasteiger partial charge in [-0.25, -0.2) is 4.98 Å². The van der Waals surface area contributed by atoms with Crippen molar-refractivity contribution in [3.05, 3.63) is 53.6 Å². The Morgan fingerprint density at radius 1 is 1.25 bits per heavy atom. The summed E-state index contributed by atoms with van der Waals surface area (Å²) in [5, 5.41) is 2.80. The molecule has 3 aromatic rings. The van der Waals surface area contributed by atoms with Crippen LogP contribution in [0.5, 0.6) is 11.5 Å². The van der Waals surface area contributed by atoms with Crippen LogP contribution in [0, 0.1) is 0 Å². The van der Waals surface area contributed by atoms with Gasteiger partial charge in [-0.2, -0.15) is 0 Å². The lowest BCUT2D eigenvalue weighted by Gasteiger charge is -2.08. The number of aryl methyl sites for hydroxylation is 1. The Bertz CT molecular complexity index is 1050. The van der Waals surface area contributed by atoms with Crippen LogP contribution in [0.4, 0.5) is 14.6 Å². The van der Waals surface area contributed by atoms with Crippen molar-refractivity contribution in [2.45, 2.75) is 19.8 Å². The zero-order chi connectivity index (χ0) is 19.9. The molecule has 0 saturated carbocycles. The lowest BCUT2D eigenvalue weighted by molar-refractivity contribution is -0.286. The minimum Gasteiger partial charge on any atom is -0.395 e. The third-order valence-electron chi connectivity index (χ3n) is 4.06. The highest BCUT2D eigenvalue weighted by Crippen LogP contribution is 2.45. The molecule has 0 fully saturated rings. The number of hydrogen-bond donors (Lipinski definition) is 1. The smallest absolute Gasteiger partial charge is 0.395 e. The van der Waals surface area contributed by atoms with Crippen LogP contribution < -0.4 is 14.8 Å². The topological polar surface area (TPSA) is 78.3 Å². The summed E-state index contributed by atoms with van der Waals surface area (Å²) < 4.78 is 37.0. The van der Waals surface area contributed by atoms with Crippen LogP contribution in [0.3, 0.4) is 0 Å². The number of aromatic nitrogens is 3. The molecule has 0 bridgehead atoms. The van der Waals surface area contributed by atoms with Crippen molar-refractivity contribution < 1.29 is 23.0 Å². The lowest BCUT2D eigenvalue weighted by atomic mass is 10.1. The molecule has 144 valence electrons. The summed E-state index contributed by atoms with van der Waals surface area (Å²) in [6.07, 6.45) is 0.785. The number of fused-ring (bicyclic) bond motifs is 1. The first-order valence-corrected chi connectivity index (χ1v) is 8.62. The summed E-state index contributed by atoms with van der Waals surface area (Å²) in [4.78, 5) is 20.7. The minimum absolute atomic E-state index is 0.145. The van der Waals surface area contributed by atoms with Gasteiger partial charge in [0.2, 0.25) is 0 Å². The second-order valence-corrected chi connectivity index (χ2v) is 6.27. The van der Waals surface area contributed by atoms with E-state index in [0.29, 0.717) is 23.5 Å². The summed E-state index contributed by atoms with van der Waals surface area (Å²) in [7, 11) is 0. The predicted molar refractivity (Wildman–Crippen MR) is 96.7 cm³/mol. The molecule has 0 radical (unpaired) electrons. The number of ether oxygens (including phenoxy) is 2. The predicted octanol–water partition coefficient (Wildman–Crippen LogP) is 4.19. The highest BCUT2D eigenvalue weighted by molar-refractivity contribution is 6.33. The maximum atomic E-state index is 13.2. The number of carbonyl (C=O) groups excluding carboxylic acids is 1. The quantitative estimate of drug-likeness (QED) is 0.702. The van der Waals surface area contributed by atoms with Gasteiger partial charge in [0.1, 0.15) is 5.69 Å². The van der Waals surface area contributed by atoms with Crippen molar-refractivity contribution in [2.75, 3.05) is 5.32 Å². The summed E-state index contributed by atoms with van der Waals surface area (Å²) in [5.41, 5.74) is 1.15. The van der Waals surface area contributed by atoms with E-state index < -0.39 is 6.29 Å². The number of benzene rings is 1. The highest BCUT2D eigenvalue weighted by atomic mass is 35.5. The van der Waals surface area contributed by atoms with E-state index in [-0.39, 0.29) is 28.2 Å². The maximum absolute atomic E-state index is 13.2. The van der Waals surface area contributed by atoms with Crippen LogP contribution >= 0.6 is 11.6 Å². The number of halogens is 3. The van der Waals surface area contributed by atoms with E-state index in [1.807, 2.05) is 6.92 Å². The molecule has 28 heavy (non-hydrogen) atoms. The monoisotopic (exact) mass is 406 g/mol. The molecular formula is C18H13ClF2N4O3. The van der Waals surface area contributed by atoms with Crippen LogP contribution in [-0.2, 0) is 6.54 Å². The first-order chi connectivity index (χ1) is 13.4. The van der Waals surface area contributed by atoms with E-state index >= 15 is 0 Å². The summed E-state index contributed by atoms with van der Waals surface area (Å²) in [5.74, 6) is -0.392. The summed E-state index contributed by atoms with van der Waals surface area (Å²) in [6.45, 7) is 2.58. The minimum atomic E-state index is -3.74. The fourth-order valence-corrected chi connectivity index (χ4v) is 3.03. The number of carbonyl (C=O) groups is 1. The van der Waals surface area contributed by atoms with Crippen molar-refractivity contribution >= 4 is 23.3 Å². The standard InChI is InChI=1S/C18H13ClF2N4O3/c1-2-25-5-3-4-13(25)17(26)24-16-9-22-12(8-23-16)10-6-14-15(7-11(10)19)28-18(20,21)27-14/h3-9H,2H2,1H3,(H,23,24,26). The van der Waals surface area contributed by atoms with Crippen LogP contribution in [0.15, 0.2) is 42.9 Å². The number of amides is 1. The van der Waals surface area contributed by atoms with Gasteiger partial charge in [0.25, 0.3) is 5.91 Å². The molecule has 3 heterocycles. The van der Waals surface area contributed by atoms with E-state index in [1.54, 1.807) is 22.9 Å². The third kappa shape index (κ3) is 3.36. The van der Waals surface area contributed by atoms with E-state index in [9.17, 15) is 13.6 Å². The molecular weight excluding hydrogens is 394 g/mol. The van der Waals surface area contributed by atoms with Crippen molar-refractivity contribution in [1.29, 1.82) is 0 Å². The number of nitrogens with one attached hydrogen (secondary N) is 1. The molecule has 1 aromatic carbocycles. The van der Waals surface area contributed by atoms with E-state index in [0.717, 1.165) is 0 Å². The molecule has 2 aromatic heterocycles. The first-order valence-electron chi connectivity index (χ1n) is 8.24. The van der Waals surface area contributed by atoms with E-state index in [1.165, 1.54) is 24.5 Å². The van der Waals surface area contributed by atoms with Crippen LogP contribution in [-0.4, -0.2) is 26.7 Å². The molecule has 0 spiro atoms. The molecule has 7 nitrogen and oxygen atoms in total. The largest absolute Gasteiger partial charge is 0.586 e. The number of rotatable bonds is 4. The van der Waals surface area contributed by atoms with Gasteiger partial charge >= 0.3 is 6.29 Å². The van der Waals surface area contributed by atoms with Gasteiger partial charge < -0.3 is 19.4 Å². The zero-order valence-corrected chi connectivity index (χ0v) is 15.2. The number of nitrogens with zero attached hydrogens (tertiary/aromatic N) is 3. The van der Waals surface area contributed by atoms with Gasteiger partial charge in [-0.3, -0.25) is 9.78 Å². The number of alkyl halides is 2. The second kappa shape index (κ2) is 6.75. The fourth-order valence-electron chi connectivity index (χ4n) is 2.78. The molecule has 1 amide bonds. The number of anilines is 1. The molecule has 0 saturated heterocycles. The third-order valence-corrected chi connectivity index (χ3v) is 4.38. The molecule has 10 heteroatoms. The number of hydrogen-bond acceptors (Lipinski definition) is 5. The summed E-state index contributed by atoms with van der Waals surface area (Å²) >= 11 is 6.14. The van der Waals surface area contributed by atoms with Gasteiger partial charge in [-0.05, 0) is 25.1 Å². The van der Waals surface area contributed by atoms with E-state index in [4.69, 9.17) is 11.6 Å². The van der Waals surface area contributed by atoms with Gasteiger partial charge in [0, 0.05) is 24.4 Å². The van der Waals surface area contributed by atoms with Gasteiger partial charge in [0.05, 0.1) is 23.1 Å². The molecule has 0 unspecified atom stereocenters. The van der Waals surface area contributed by atoms with Crippen LogP contribution in [0.1, 0.15) is 17.4 Å². The molecule has 1 N–H and O–H groups in total. The SMILES string of the molecule is CCn1cccc1C(=O)Nc1cnc(-c2cc3c(cc2Cl)OC(F)(F)O3)cn1. The Balaban J connectivity index is 1.55. The Hall–Kier alpha value is -3.20. The van der Waals surface area contributed by atoms with Crippen molar-refractivity contribution in [3.63, 3.8) is 0 Å². The van der Waals surface area contributed by atoms with E-state index in [2.05, 4.69) is 24.8 Å². The Labute approximate surface area is 162 Å². The van der Waals surface area contributed by atoms with Crippen molar-refractivity contribution in [1.82, 2.24) is 14.5 Å². The first kappa shape index (κ1) is 18.2. The molecule has 1 aliphatic rings. The molecule has 4 rings (SSSR count). The maximum Gasteiger partial charge on any atom is 0.586 e. The molecule has 0 atom stereocenters. The average molecular weight is 407 g/mol. The van der Waals surface area contributed by atoms with Crippen molar-refractivity contribution in [2.24, 2.45) is 0 Å².